The van der Waals surface area contributed by atoms with E-state index in [2.05, 4.69) is 42.8 Å². The number of nitrogens with one attached hydrogen (secondary N) is 1. The van der Waals surface area contributed by atoms with E-state index in [9.17, 15) is 0 Å². The third kappa shape index (κ3) is 5.99. The second kappa shape index (κ2) is 8.43. The van der Waals surface area contributed by atoms with Gasteiger partial charge in [0, 0.05) is 6.04 Å². The van der Waals surface area contributed by atoms with E-state index in [-0.39, 0.29) is 0 Å². The molecule has 0 aliphatic heterocycles. The molecule has 0 aliphatic carbocycles. The van der Waals surface area contributed by atoms with Gasteiger partial charge in [-0.2, -0.15) is 11.8 Å². The summed E-state index contributed by atoms with van der Waals surface area (Å²) in [6, 6.07) is 8.95. The van der Waals surface area contributed by atoms with Crippen LogP contribution in [-0.2, 0) is 6.42 Å². The molecule has 3 heteroatoms. The Morgan fingerprint density at radius 2 is 2.00 bits per heavy atom. The molecule has 1 atom stereocenters. The van der Waals surface area contributed by atoms with Crippen molar-refractivity contribution in [2.45, 2.75) is 25.8 Å². The average molecular weight is 253 g/mol. The Hall–Kier alpha value is -0.670. The molecule has 0 fully saturated rings. The van der Waals surface area contributed by atoms with Crippen LogP contribution in [-0.4, -0.2) is 31.7 Å². The summed E-state index contributed by atoms with van der Waals surface area (Å²) < 4.78 is 5.67. The summed E-state index contributed by atoms with van der Waals surface area (Å²) >= 11 is 1.86. The highest BCUT2D eigenvalue weighted by atomic mass is 32.2. The minimum atomic E-state index is 0.517. The molecule has 0 spiro atoms. The van der Waals surface area contributed by atoms with Crippen LogP contribution in [0, 0.1) is 0 Å². The summed E-state index contributed by atoms with van der Waals surface area (Å²) in [4.78, 5) is 0. The van der Waals surface area contributed by atoms with Gasteiger partial charge in [-0.1, -0.05) is 12.1 Å². The molecule has 0 saturated heterocycles. The van der Waals surface area contributed by atoms with Crippen LogP contribution in [0.25, 0.3) is 0 Å². The maximum Gasteiger partial charge on any atom is 0.119 e. The normalized spacial score (nSPS) is 12.4. The minimum Gasteiger partial charge on any atom is -0.494 e. The van der Waals surface area contributed by atoms with Crippen molar-refractivity contribution in [3.05, 3.63) is 29.8 Å². The first kappa shape index (κ1) is 14.4. The number of rotatable bonds is 8. The van der Waals surface area contributed by atoms with Gasteiger partial charge in [-0.25, -0.2) is 0 Å². The number of ether oxygens (including phenoxy) is 1. The second-order valence-electron chi connectivity index (χ2n) is 4.23. The maximum absolute atomic E-state index is 5.67. The van der Waals surface area contributed by atoms with Crippen LogP contribution < -0.4 is 10.1 Å². The van der Waals surface area contributed by atoms with Crippen molar-refractivity contribution in [1.82, 2.24) is 5.32 Å². The Morgan fingerprint density at radius 3 is 2.59 bits per heavy atom. The van der Waals surface area contributed by atoms with Crippen LogP contribution in [0.15, 0.2) is 24.3 Å². The predicted molar refractivity (Wildman–Crippen MR) is 77.2 cm³/mol. The lowest BCUT2D eigenvalue weighted by molar-refractivity contribution is 0.318. The largest absolute Gasteiger partial charge is 0.494 e. The number of hydrogen-bond acceptors (Lipinski definition) is 3. The molecule has 17 heavy (non-hydrogen) atoms. The maximum atomic E-state index is 5.67. The average Bonchev–Trinajstić information content (AvgIpc) is 2.36. The van der Waals surface area contributed by atoms with Crippen LogP contribution in [0.2, 0.25) is 0 Å². The summed E-state index contributed by atoms with van der Waals surface area (Å²) in [5.41, 5.74) is 1.35. The first-order valence-electron chi connectivity index (χ1n) is 6.14. The van der Waals surface area contributed by atoms with E-state index in [1.54, 1.807) is 0 Å². The zero-order valence-electron chi connectivity index (χ0n) is 11.0. The molecule has 1 rings (SSSR count). The molecule has 1 aromatic rings. The zero-order chi connectivity index (χ0) is 12.5. The predicted octanol–water partition coefficient (Wildman–Crippen LogP) is 2.97. The van der Waals surface area contributed by atoms with Gasteiger partial charge in [0.25, 0.3) is 0 Å². The molecule has 1 aromatic carbocycles. The van der Waals surface area contributed by atoms with Crippen LogP contribution in [0.1, 0.15) is 18.9 Å². The van der Waals surface area contributed by atoms with Crippen molar-refractivity contribution in [1.29, 1.82) is 0 Å². The quantitative estimate of drug-likeness (QED) is 0.720. The van der Waals surface area contributed by atoms with Gasteiger partial charge < -0.3 is 10.1 Å². The summed E-state index contributed by atoms with van der Waals surface area (Å²) in [5, 5.41) is 3.24. The summed E-state index contributed by atoms with van der Waals surface area (Å²) in [5.74, 6) is 2.14. The Labute approximate surface area is 109 Å². The molecule has 0 saturated carbocycles. The molecule has 0 aliphatic rings. The van der Waals surface area contributed by atoms with Crippen molar-refractivity contribution in [2.24, 2.45) is 0 Å². The number of benzene rings is 1. The fourth-order valence-corrected chi connectivity index (χ4v) is 1.98. The standard InChI is InChI=1S/C14H23NOS/c1-12(15-2)11-13-5-7-14(8-6-13)16-9-4-10-17-3/h5-8,12,15H,4,9-11H2,1-3H3. The van der Waals surface area contributed by atoms with E-state index in [1.807, 2.05) is 18.8 Å². The van der Waals surface area contributed by atoms with Gasteiger partial charge in [-0.3, -0.25) is 0 Å². The summed E-state index contributed by atoms with van der Waals surface area (Å²) in [6.07, 6.45) is 4.29. The lowest BCUT2D eigenvalue weighted by Crippen LogP contribution is -2.23. The lowest BCUT2D eigenvalue weighted by Gasteiger charge is -2.11. The Bertz CT molecular complexity index is 300. The van der Waals surface area contributed by atoms with Crippen LogP contribution in [0.4, 0.5) is 0 Å². The van der Waals surface area contributed by atoms with Gasteiger partial charge in [-0.15, -0.1) is 0 Å². The first-order valence-corrected chi connectivity index (χ1v) is 7.53. The van der Waals surface area contributed by atoms with E-state index < -0.39 is 0 Å². The topological polar surface area (TPSA) is 21.3 Å². The van der Waals surface area contributed by atoms with E-state index in [0.717, 1.165) is 31.0 Å². The van der Waals surface area contributed by atoms with Gasteiger partial charge in [-0.05, 0) is 56.5 Å². The third-order valence-corrected chi connectivity index (χ3v) is 3.42. The van der Waals surface area contributed by atoms with Gasteiger partial charge in [0.05, 0.1) is 6.61 Å². The zero-order valence-corrected chi connectivity index (χ0v) is 11.8. The fourth-order valence-electron chi connectivity index (χ4n) is 1.57. The van der Waals surface area contributed by atoms with Gasteiger partial charge in [0.1, 0.15) is 5.75 Å². The Morgan fingerprint density at radius 1 is 1.29 bits per heavy atom. The van der Waals surface area contributed by atoms with Gasteiger partial charge in [0.15, 0.2) is 0 Å². The smallest absolute Gasteiger partial charge is 0.119 e. The fraction of sp³-hybridized carbons (Fsp3) is 0.571. The first-order chi connectivity index (χ1) is 8.26. The van der Waals surface area contributed by atoms with Crippen molar-refractivity contribution in [2.75, 3.05) is 25.7 Å². The lowest BCUT2D eigenvalue weighted by atomic mass is 10.1. The molecule has 1 N–H and O–H groups in total. The number of thioether (sulfide) groups is 1. The molecule has 0 bridgehead atoms. The number of hydrogen-bond donors (Lipinski definition) is 1. The molecule has 1 unspecified atom stereocenters. The highest BCUT2D eigenvalue weighted by Crippen LogP contribution is 2.14. The van der Waals surface area contributed by atoms with Gasteiger partial charge in [0.2, 0.25) is 0 Å². The number of likely N-dealkylation sites (N-methyl/N-ethyl adjacent to an activating group) is 1. The Kier molecular flexibility index (Phi) is 7.13. The Balaban J connectivity index is 2.34. The molecule has 0 radical (unpaired) electrons. The highest BCUT2D eigenvalue weighted by Gasteiger charge is 2.00. The minimum absolute atomic E-state index is 0.517. The molecule has 96 valence electrons. The second-order valence-corrected chi connectivity index (χ2v) is 5.22. The highest BCUT2D eigenvalue weighted by molar-refractivity contribution is 7.98. The molecular formula is C14H23NOS. The van der Waals surface area contributed by atoms with Crippen molar-refractivity contribution < 1.29 is 4.74 Å². The third-order valence-electron chi connectivity index (χ3n) is 2.72. The molecule has 0 aromatic heterocycles. The van der Waals surface area contributed by atoms with E-state index in [4.69, 9.17) is 4.74 Å². The molecule has 0 heterocycles. The van der Waals surface area contributed by atoms with E-state index in [1.165, 1.54) is 5.56 Å². The van der Waals surface area contributed by atoms with E-state index >= 15 is 0 Å². The SMILES string of the molecule is CNC(C)Cc1ccc(OCCCSC)cc1. The van der Waals surface area contributed by atoms with Crippen LogP contribution >= 0.6 is 11.8 Å². The molecule has 0 amide bonds. The van der Waals surface area contributed by atoms with E-state index in [0.29, 0.717) is 6.04 Å². The van der Waals surface area contributed by atoms with Crippen molar-refractivity contribution >= 4 is 11.8 Å². The van der Waals surface area contributed by atoms with Crippen LogP contribution in [0.5, 0.6) is 5.75 Å². The molecule has 2 nitrogen and oxygen atoms in total. The summed E-state index contributed by atoms with van der Waals surface area (Å²) in [6.45, 7) is 3.00. The summed E-state index contributed by atoms with van der Waals surface area (Å²) in [7, 11) is 1.99. The molecular weight excluding hydrogens is 230 g/mol. The van der Waals surface area contributed by atoms with Crippen molar-refractivity contribution in [3.63, 3.8) is 0 Å². The monoisotopic (exact) mass is 253 g/mol. The van der Waals surface area contributed by atoms with Crippen LogP contribution in [0.3, 0.4) is 0 Å². The van der Waals surface area contributed by atoms with Crippen molar-refractivity contribution in [3.8, 4) is 5.75 Å². The van der Waals surface area contributed by atoms with Gasteiger partial charge >= 0.3 is 0 Å².